The highest BCUT2D eigenvalue weighted by Crippen LogP contribution is 2.29. The summed E-state index contributed by atoms with van der Waals surface area (Å²) < 4.78 is 5.76. The second kappa shape index (κ2) is 6.72. The first-order valence-electron chi connectivity index (χ1n) is 8.56. The third-order valence-electron chi connectivity index (χ3n) is 4.29. The largest absolute Gasteiger partial charge is 0.380 e. The highest BCUT2D eigenvalue weighted by molar-refractivity contribution is 5.30. The monoisotopic (exact) mass is 303 g/mol. The number of hydrogen-bond acceptors (Lipinski definition) is 2. The molecule has 22 heavy (non-hydrogen) atoms. The van der Waals surface area contributed by atoms with Gasteiger partial charge in [0, 0.05) is 25.6 Å². The van der Waals surface area contributed by atoms with Gasteiger partial charge in [-0.3, -0.25) is 4.90 Å². The summed E-state index contributed by atoms with van der Waals surface area (Å²) in [6.45, 7) is 18.6. The van der Waals surface area contributed by atoms with Crippen LogP contribution >= 0.6 is 0 Å². The Hall–Kier alpha value is -0.860. The molecule has 1 aliphatic rings. The van der Waals surface area contributed by atoms with Crippen LogP contribution in [0.1, 0.15) is 58.6 Å². The quantitative estimate of drug-likeness (QED) is 0.745. The van der Waals surface area contributed by atoms with E-state index in [0.717, 1.165) is 19.8 Å². The molecule has 124 valence electrons. The third-order valence-corrected chi connectivity index (χ3v) is 4.29. The summed E-state index contributed by atoms with van der Waals surface area (Å²) in [7, 11) is 0. The van der Waals surface area contributed by atoms with Crippen molar-refractivity contribution in [3.8, 4) is 0 Å². The Morgan fingerprint density at radius 2 is 1.59 bits per heavy atom. The molecule has 0 amide bonds. The minimum Gasteiger partial charge on any atom is -0.380 e. The van der Waals surface area contributed by atoms with Crippen LogP contribution < -0.4 is 0 Å². The first-order valence-corrected chi connectivity index (χ1v) is 8.56. The average Bonchev–Trinajstić information content (AvgIpc) is 2.34. The van der Waals surface area contributed by atoms with Crippen LogP contribution in [0.25, 0.3) is 0 Å². The molecular formula is C20H33NO. The molecule has 0 radical (unpaired) electrons. The number of ether oxygens (including phenoxy) is 1. The molecule has 0 bridgehead atoms. The summed E-state index contributed by atoms with van der Waals surface area (Å²) in [5.74, 6) is 0.705. The maximum Gasteiger partial charge on any atom is 0.0593 e. The van der Waals surface area contributed by atoms with Gasteiger partial charge in [0.05, 0.1) is 13.2 Å². The summed E-state index contributed by atoms with van der Waals surface area (Å²) in [5, 5.41) is 0. The Morgan fingerprint density at radius 3 is 2.09 bits per heavy atom. The van der Waals surface area contributed by atoms with E-state index in [-0.39, 0.29) is 10.8 Å². The molecule has 0 aliphatic carbocycles. The van der Waals surface area contributed by atoms with E-state index in [4.69, 9.17) is 4.74 Å². The van der Waals surface area contributed by atoms with Crippen molar-refractivity contribution >= 4 is 0 Å². The Morgan fingerprint density at radius 1 is 1.00 bits per heavy atom. The Labute approximate surface area is 136 Å². The average molecular weight is 303 g/mol. The lowest BCUT2D eigenvalue weighted by molar-refractivity contribution is 0.0367. The van der Waals surface area contributed by atoms with Gasteiger partial charge in [0.15, 0.2) is 0 Å². The molecule has 2 nitrogen and oxygen atoms in total. The van der Waals surface area contributed by atoms with Crippen LogP contribution in [-0.2, 0) is 10.2 Å². The van der Waals surface area contributed by atoms with Crippen LogP contribution in [0.4, 0.5) is 0 Å². The zero-order chi connectivity index (χ0) is 16.4. The van der Waals surface area contributed by atoms with E-state index in [1.807, 2.05) is 0 Å². The second-order valence-corrected chi connectivity index (χ2v) is 8.94. The van der Waals surface area contributed by atoms with Crippen LogP contribution in [0.3, 0.4) is 0 Å². The van der Waals surface area contributed by atoms with Crippen LogP contribution in [0.2, 0.25) is 0 Å². The molecule has 0 atom stereocenters. The van der Waals surface area contributed by atoms with Gasteiger partial charge in [0.1, 0.15) is 0 Å². The van der Waals surface area contributed by atoms with Gasteiger partial charge < -0.3 is 4.74 Å². The molecule has 0 saturated carbocycles. The zero-order valence-corrected chi connectivity index (χ0v) is 15.3. The fourth-order valence-corrected chi connectivity index (χ4v) is 2.79. The van der Waals surface area contributed by atoms with Gasteiger partial charge in [-0.25, -0.2) is 0 Å². The molecule has 1 aromatic carbocycles. The van der Waals surface area contributed by atoms with Crippen LogP contribution in [-0.4, -0.2) is 37.7 Å². The van der Waals surface area contributed by atoms with Crippen molar-refractivity contribution in [2.75, 3.05) is 32.8 Å². The van der Waals surface area contributed by atoms with E-state index >= 15 is 0 Å². The zero-order valence-electron chi connectivity index (χ0n) is 15.3. The fraction of sp³-hybridized carbons (Fsp3) is 0.700. The number of rotatable bonds is 5. The minimum absolute atomic E-state index is 0.245. The van der Waals surface area contributed by atoms with Crippen molar-refractivity contribution in [1.82, 2.24) is 4.90 Å². The number of hydrogen-bond donors (Lipinski definition) is 0. The highest BCUT2D eigenvalue weighted by Gasteiger charge is 2.27. The van der Waals surface area contributed by atoms with Crippen molar-refractivity contribution in [3.05, 3.63) is 35.4 Å². The van der Waals surface area contributed by atoms with Gasteiger partial charge in [-0.15, -0.1) is 0 Å². The Kier molecular flexibility index (Phi) is 5.34. The Balaban J connectivity index is 1.70. The van der Waals surface area contributed by atoms with Gasteiger partial charge in [-0.2, -0.15) is 0 Å². The lowest BCUT2D eigenvalue weighted by atomic mass is 9.84. The minimum atomic E-state index is 0.245. The lowest BCUT2D eigenvalue weighted by Crippen LogP contribution is -2.46. The maximum atomic E-state index is 5.76. The predicted octanol–water partition coefficient (Wildman–Crippen LogP) is 4.45. The number of likely N-dealkylation sites (tertiary alicyclic amines) is 1. The molecule has 2 rings (SSSR count). The van der Waals surface area contributed by atoms with Crippen molar-refractivity contribution in [3.63, 3.8) is 0 Å². The van der Waals surface area contributed by atoms with Gasteiger partial charge >= 0.3 is 0 Å². The maximum absolute atomic E-state index is 5.76. The SMILES string of the molecule is CC(C)(C)COCCN1CC(c2ccc(C(C)(C)C)cc2)C1. The van der Waals surface area contributed by atoms with Crippen molar-refractivity contribution in [1.29, 1.82) is 0 Å². The molecule has 1 aromatic rings. The fourth-order valence-electron chi connectivity index (χ4n) is 2.79. The molecule has 2 heteroatoms. The molecule has 1 saturated heterocycles. The molecule has 0 aromatic heterocycles. The highest BCUT2D eigenvalue weighted by atomic mass is 16.5. The molecule has 1 heterocycles. The summed E-state index contributed by atoms with van der Waals surface area (Å²) in [4.78, 5) is 2.49. The molecule has 0 spiro atoms. The molecule has 1 aliphatic heterocycles. The summed E-state index contributed by atoms with van der Waals surface area (Å²) in [6.07, 6.45) is 0. The summed E-state index contributed by atoms with van der Waals surface area (Å²) >= 11 is 0. The number of nitrogens with zero attached hydrogens (tertiary/aromatic N) is 1. The van der Waals surface area contributed by atoms with Crippen molar-refractivity contribution < 1.29 is 4.74 Å². The smallest absolute Gasteiger partial charge is 0.0593 e. The molecular weight excluding hydrogens is 270 g/mol. The van der Waals surface area contributed by atoms with Crippen LogP contribution in [0.15, 0.2) is 24.3 Å². The van der Waals surface area contributed by atoms with E-state index in [1.54, 1.807) is 0 Å². The second-order valence-electron chi connectivity index (χ2n) is 8.94. The predicted molar refractivity (Wildman–Crippen MR) is 94.6 cm³/mol. The van der Waals surface area contributed by atoms with Crippen LogP contribution in [0.5, 0.6) is 0 Å². The molecule has 1 fully saturated rings. The van der Waals surface area contributed by atoms with E-state index in [0.29, 0.717) is 5.92 Å². The molecule has 0 N–H and O–H groups in total. The van der Waals surface area contributed by atoms with E-state index in [1.165, 1.54) is 24.2 Å². The van der Waals surface area contributed by atoms with Gasteiger partial charge in [-0.05, 0) is 22.0 Å². The summed E-state index contributed by atoms with van der Waals surface area (Å²) in [5.41, 5.74) is 3.42. The third kappa shape index (κ3) is 5.10. The standard InChI is InChI=1S/C20H33NO/c1-19(2,3)15-22-12-11-21-13-17(14-21)16-7-9-18(10-8-16)20(4,5)6/h7-10,17H,11-15H2,1-6H3. The van der Waals surface area contributed by atoms with Crippen molar-refractivity contribution in [2.24, 2.45) is 5.41 Å². The van der Waals surface area contributed by atoms with Gasteiger partial charge in [-0.1, -0.05) is 65.8 Å². The van der Waals surface area contributed by atoms with Gasteiger partial charge in [0.2, 0.25) is 0 Å². The lowest BCUT2D eigenvalue weighted by Gasteiger charge is -2.39. The normalized spacial score (nSPS) is 17.5. The van der Waals surface area contributed by atoms with Crippen molar-refractivity contribution in [2.45, 2.75) is 52.9 Å². The van der Waals surface area contributed by atoms with Crippen LogP contribution in [0, 0.1) is 5.41 Å². The van der Waals surface area contributed by atoms with E-state index in [9.17, 15) is 0 Å². The first-order chi connectivity index (χ1) is 10.1. The van der Waals surface area contributed by atoms with Gasteiger partial charge in [0.25, 0.3) is 0 Å². The Bertz CT molecular complexity index is 458. The number of benzene rings is 1. The van der Waals surface area contributed by atoms with E-state index in [2.05, 4.69) is 70.7 Å². The molecule has 0 unspecified atom stereocenters. The summed E-state index contributed by atoms with van der Waals surface area (Å²) in [6, 6.07) is 9.23. The first kappa shape index (κ1) is 17.5. The van der Waals surface area contributed by atoms with E-state index < -0.39 is 0 Å². The topological polar surface area (TPSA) is 12.5 Å².